The third kappa shape index (κ3) is 6.20. The van der Waals surface area contributed by atoms with Crippen molar-refractivity contribution in [1.29, 1.82) is 0 Å². The first-order valence-corrected chi connectivity index (χ1v) is 14.6. The molecule has 0 saturated heterocycles. The molecule has 1 amide bonds. The van der Waals surface area contributed by atoms with E-state index in [1.807, 2.05) is 79.7 Å². The number of fused-ring (bicyclic) bond motifs is 3. The van der Waals surface area contributed by atoms with E-state index in [9.17, 15) is 9.59 Å². The first kappa shape index (κ1) is 28.7. The highest BCUT2D eigenvalue weighted by Gasteiger charge is 2.29. The van der Waals surface area contributed by atoms with Crippen molar-refractivity contribution < 1.29 is 23.8 Å². The molecule has 0 aromatic heterocycles. The fourth-order valence-corrected chi connectivity index (χ4v) is 5.61. The van der Waals surface area contributed by atoms with Crippen LogP contribution in [0, 0.1) is 6.92 Å². The molecule has 1 atom stereocenters. The lowest BCUT2D eigenvalue weighted by atomic mass is 9.98. The summed E-state index contributed by atoms with van der Waals surface area (Å²) in [4.78, 5) is 25.8. The Labute approximate surface area is 257 Å². The summed E-state index contributed by atoms with van der Waals surface area (Å²) in [7, 11) is 1.61. The SMILES string of the molecule is COc1ccc(C(OC(=O)c2ccc(CNC(=O)OCC3c4ccccc4-c4ccccc43)cc2)c2ccc(C)cc2)cc1. The average Bonchev–Trinajstić information content (AvgIpc) is 3.39. The molecule has 1 aliphatic carbocycles. The van der Waals surface area contributed by atoms with Crippen LogP contribution in [0.3, 0.4) is 0 Å². The molecular weight excluding hydrogens is 550 g/mol. The van der Waals surface area contributed by atoms with Gasteiger partial charge in [0.15, 0.2) is 6.10 Å². The molecule has 220 valence electrons. The molecule has 6 heteroatoms. The zero-order chi connectivity index (χ0) is 30.5. The second-order valence-electron chi connectivity index (χ2n) is 10.8. The molecule has 0 aliphatic heterocycles. The number of methoxy groups -OCH3 is 1. The second-order valence-corrected chi connectivity index (χ2v) is 10.8. The minimum absolute atomic E-state index is 0.0000892. The van der Waals surface area contributed by atoms with Gasteiger partial charge in [-0.3, -0.25) is 0 Å². The van der Waals surface area contributed by atoms with E-state index in [0.717, 1.165) is 28.0 Å². The predicted molar refractivity (Wildman–Crippen MR) is 170 cm³/mol. The molecule has 0 spiro atoms. The largest absolute Gasteiger partial charge is 0.497 e. The summed E-state index contributed by atoms with van der Waals surface area (Å²) in [5.74, 6) is 0.285. The van der Waals surface area contributed by atoms with Crippen molar-refractivity contribution in [3.63, 3.8) is 0 Å². The highest BCUT2D eigenvalue weighted by molar-refractivity contribution is 5.89. The van der Waals surface area contributed by atoms with E-state index in [2.05, 4.69) is 29.6 Å². The number of amides is 1. The Balaban J connectivity index is 1.06. The van der Waals surface area contributed by atoms with Gasteiger partial charge in [-0.25, -0.2) is 9.59 Å². The number of carbonyl (C=O) groups excluding carboxylic acids is 2. The monoisotopic (exact) mass is 583 g/mol. The normalized spacial score (nSPS) is 12.5. The van der Waals surface area contributed by atoms with Gasteiger partial charge in [-0.1, -0.05) is 103 Å². The summed E-state index contributed by atoms with van der Waals surface area (Å²) < 4.78 is 16.9. The average molecular weight is 584 g/mol. The first-order chi connectivity index (χ1) is 21.5. The van der Waals surface area contributed by atoms with Crippen molar-refractivity contribution in [2.75, 3.05) is 13.7 Å². The van der Waals surface area contributed by atoms with Crippen LogP contribution in [0.2, 0.25) is 0 Å². The van der Waals surface area contributed by atoms with E-state index in [4.69, 9.17) is 14.2 Å². The first-order valence-electron chi connectivity index (χ1n) is 14.6. The molecular formula is C38H33NO5. The third-order valence-corrected chi connectivity index (χ3v) is 7.99. The smallest absolute Gasteiger partial charge is 0.407 e. The maximum atomic E-state index is 13.2. The molecule has 5 aromatic carbocycles. The molecule has 5 aromatic rings. The summed E-state index contributed by atoms with van der Waals surface area (Å²) in [6, 6.07) is 38.9. The molecule has 6 rings (SSSR count). The van der Waals surface area contributed by atoms with Gasteiger partial charge in [-0.15, -0.1) is 0 Å². The summed E-state index contributed by atoms with van der Waals surface area (Å²) in [6.07, 6.45) is -1.07. The second kappa shape index (κ2) is 12.9. The minimum Gasteiger partial charge on any atom is -0.497 e. The summed E-state index contributed by atoms with van der Waals surface area (Å²) in [6.45, 7) is 2.53. The summed E-state index contributed by atoms with van der Waals surface area (Å²) >= 11 is 0. The van der Waals surface area contributed by atoms with Crippen molar-refractivity contribution in [3.8, 4) is 16.9 Å². The lowest BCUT2D eigenvalue weighted by Gasteiger charge is -2.19. The molecule has 1 aliphatic rings. The van der Waals surface area contributed by atoms with E-state index >= 15 is 0 Å². The summed E-state index contributed by atoms with van der Waals surface area (Å²) in [5, 5.41) is 2.82. The molecule has 0 saturated carbocycles. The maximum absolute atomic E-state index is 13.2. The number of alkyl carbamates (subject to hydrolysis) is 1. The fourth-order valence-electron chi connectivity index (χ4n) is 5.61. The molecule has 1 N–H and O–H groups in total. The predicted octanol–water partition coefficient (Wildman–Crippen LogP) is 7.99. The maximum Gasteiger partial charge on any atom is 0.407 e. The molecule has 0 heterocycles. The van der Waals surface area contributed by atoms with Crippen LogP contribution in [0.4, 0.5) is 4.79 Å². The molecule has 1 unspecified atom stereocenters. The molecule has 6 nitrogen and oxygen atoms in total. The van der Waals surface area contributed by atoms with Crippen molar-refractivity contribution in [2.45, 2.75) is 25.5 Å². The quantitative estimate of drug-likeness (QED) is 0.178. The van der Waals surface area contributed by atoms with Gasteiger partial charge < -0.3 is 19.5 Å². The molecule has 44 heavy (non-hydrogen) atoms. The van der Waals surface area contributed by atoms with Crippen LogP contribution in [-0.4, -0.2) is 25.8 Å². The molecule has 0 bridgehead atoms. The number of esters is 1. The van der Waals surface area contributed by atoms with Gasteiger partial charge in [-0.2, -0.15) is 0 Å². The van der Waals surface area contributed by atoms with Crippen molar-refractivity contribution in [2.24, 2.45) is 0 Å². The highest BCUT2D eigenvalue weighted by atomic mass is 16.6. The van der Waals surface area contributed by atoms with E-state index in [1.165, 1.54) is 22.3 Å². The molecule has 0 radical (unpaired) electrons. The lowest BCUT2D eigenvalue weighted by Crippen LogP contribution is -2.25. The van der Waals surface area contributed by atoms with E-state index in [1.54, 1.807) is 31.4 Å². The zero-order valence-electron chi connectivity index (χ0n) is 24.7. The van der Waals surface area contributed by atoms with Gasteiger partial charge >= 0.3 is 12.1 Å². The van der Waals surface area contributed by atoms with Crippen LogP contribution in [0.1, 0.15) is 55.8 Å². The Hall–Kier alpha value is -5.36. The Bertz CT molecular complexity index is 1720. The van der Waals surface area contributed by atoms with Gasteiger partial charge in [0.05, 0.1) is 12.7 Å². The Morgan fingerprint density at radius 2 is 1.30 bits per heavy atom. The minimum atomic E-state index is -0.580. The Kier molecular flexibility index (Phi) is 8.41. The van der Waals surface area contributed by atoms with Crippen LogP contribution < -0.4 is 10.1 Å². The molecule has 0 fully saturated rings. The highest BCUT2D eigenvalue weighted by Crippen LogP contribution is 2.44. The number of hydrogen-bond donors (Lipinski definition) is 1. The van der Waals surface area contributed by atoms with E-state index < -0.39 is 18.2 Å². The summed E-state index contributed by atoms with van der Waals surface area (Å²) in [5.41, 5.74) is 8.79. The Morgan fingerprint density at radius 1 is 0.727 bits per heavy atom. The van der Waals surface area contributed by atoms with Gasteiger partial charge in [0, 0.05) is 12.5 Å². The van der Waals surface area contributed by atoms with Crippen molar-refractivity contribution in [3.05, 3.63) is 160 Å². The fraction of sp³-hybridized carbons (Fsp3) is 0.158. The van der Waals surface area contributed by atoms with Crippen LogP contribution in [0.15, 0.2) is 121 Å². The van der Waals surface area contributed by atoms with Crippen molar-refractivity contribution >= 4 is 12.1 Å². The van der Waals surface area contributed by atoms with Gasteiger partial charge in [0.25, 0.3) is 0 Å². The zero-order valence-corrected chi connectivity index (χ0v) is 24.7. The Morgan fingerprint density at radius 3 is 1.89 bits per heavy atom. The van der Waals surface area contributed by atoms with Crippen molar-refractivity contribution in [1.82, 2.24) is 5.32 Å². The number of rotatable bonds is 9. The van der Waals surface area contributed by atoms with Gasteiger partial charge in [-0.05, 0) is 70.1 Å². The number of hydrogen-bond acceptors (Lipinski definition) is 5. The number of carbonyl (C=O) groups is 2. The topological polar surface area (TPSA) is 73.9 Å². The number of aryl methyl sites for hydroxylation is 1. The van der Waals surface area contributed by atoms with Crippen LogP contribution in [-0.2, 0) is 16.0 Å². The van der Waals surface area contributed by atoms with Crippen LogP contribution >= 0.6 is 0 Å². The number of benzene rings is 5. The third-order valence-electron chi connectivity index (χ3n) is 7.99. The van der Waals surface area contributed by atoms with Crippen LogP contribution in [0.5, 0.6) is 5.75 Å². The van der Waals surface area contributed by atoms with E-state index in [-0.39, 0.29) is 19.1 Å². The van der Waals surface area contributed by atoms with Crippen LogP contribution in [0.25, 0.3) is 11.1 Å². The van der Waals surface area contributed by atoms with Gasteiger partial charge in [0.2, 0.25) is 0 Å². The standard InChI is InChI=1S/C38H33NO5/c1-25-11-15-27(16-12-25)36(28-19-21-30(42-2)22-20-28)44-37(40)29-17-13-26(14-18-29)23-39-38(41)43-24-35-33-9-5-3-7-31(33)32-8-4-6-10-34(32)35/h3-22,35-36H,23-24H2,1-2H3,(H,39,41). The van der Waals surface area contributed by atoms with E-state index in [0.29, 0.717) is 5.56 Å². The lowest BCUT2D eigenvalue weighted by molar-refractivity contribution is 0.0378. The number of nitrogens with one attached hydrogen (secondary N) is 1. The number of ether oxygens (including phenoxy) is 3. The van der Waals surface area contributed by atoms with Gasteiger partial charge in [0.1, 0.15) is 12.4 Å².